The van der Waals surface area contributed by atoms with E-state index in [1.54, 1.807) is 6.92 Å². The zero-order valence-electron chi connectivity index (χ0n) is 11.0. The molecule has 1 atom stereocenters. The van der Waals surface area contributed by atoms with Crippen molar-refractivity contribution >= 4 is 11.5 Å². The first-order chi connectivity index (χ1) is 8.75. The molecule has 1 heterocycles. The summed E-state index contributed by atoms with van der Waals surface area (Å²) in [6.07, 6.45) is 5.08. The second-order valence-electron chi connectivity index (χ2n) is 5.00. The molecule has 18 heavy (non-hydrogen) atoms. The van der Waals surface area contributed by atoms with E-state index in [0.717, 1.165) is 30.8 Å². The number of hydrogen-bond acceptors (Lipinski definition) is 3. The van der Waals surface area contributed by atoms with E-state index in [1.165, 1.54) is 19.3 Å². The van der Waals surface area contributed by atoms with Crippen LogP contribution in [0.2, 0.25) is 0 Å². The van der Waals surface area contributed by atoms with Crippen molar-refractivity contribution in [3.05, 3.63) is 29.8 Å². The lowest BCUT2D eigenvalue weighted by Crippen LogP contribution is -2.35. The Kier molecular flexibility index (Phi) is 4.76. The van der Waals surface area contributed by atoms with Crippen LogP contribution in [0.25, 0.3) is 0 Å². The van der Waals surface area contributed by atoms with Crippen LogP contribution in [-0.4, -0.2) is 24.9 Å². The number of carbonyl (C=O) groups is 1. The summed E-state index contributed by atoms with van der Waals surface area (Å²) in [5, 5.41) is 6.94. The molecule has 2 N–H and O–H groups in total. The Bertz CT molecular complexity index is 397. The summed E-state index contributed by atoms with van der Waals surface area (Å²) >= 11 is 0. The molecule has 98 valence electrons. The van der Waals surface area contributed by atoms with Gasteiger partial charge in [-0.2, -0.15) is 0 Å². The third-order valence-corrected chi connectivity index (χ3v) is 3.50. The van der Waals surface area contributed by atoms with Crippen molar-refractivity contribution in [2.45, 2.75) is 38.6 Å². The van der Waals surface area contributed by atoms with Crippen molar-refractivity contribution < 1.29 is 4.79 Å². The molecule has 3 heteroatoms. The molecule has 0 amide bonds. The molecule has 0 bridgehead atoms. The smallest absolute Gasteiger partial charge is 0.159 e. The van der Waals surface area contributed by atoms with Gasteiger partial charge in [-0.3, -0.25) is 4.79 Å². The Morgan fingerprint density at radius 3 is 3.06 bits per heavy atom. The van der Waals surface area contributed by atoms with E-state index in [4.69, 9.17) is 0 Å². The quantitative estimate of drug-likeness (QED) is 0.785. The Morgan fingerprint density at radius 2 is 2.33 bits per heavy atom. The van der Waals surface area contributed by atoms with E-state index in [0.29, 0.717) is 6.04 Å². The molecule has 0 saturated carbocycles. The number of piperidine rings is 1. The highest BCUT2D eigenvalue weighted by atomic mass is 16.1. The summed E-state index contributed by atoms with van der Waals surface area (Å²) in [5.74, 6) is 0.118. The van der Waals surface area contributed by atoms with Gasteiger partial charge in [0.05, 0.1) is 0 Å². The minimum Gasteiger partial charge on any atom is -0.385 e. The monoisotopic (exact) mass is 246 g/mol. The van der Waals surface area contributed by atoms with E-state index < -0.39 is 0 Å². The van der Waals surface area contributed by atoms with Crippen molar-refractivity contribution in [3.63, 3.8) is 0 Å². The van der Waals surface area contributed by atoms with Gasteiger partial charge in [0.25, 0.3) is 0 Å². The number of carbonyl (C=O) groups excluding carboxylic acids is 1. The van der Waals surface area contributed by atoms with Gasteiger partial charge in [0, 0.05) is 23.8 Å². The summed E-state index contributed by atoms with van der Waals surface area (Å²) in [5.41, 5.74) is 1.81. The first kappa shape index (κ1) is 13.1. The van der Waals surface area contributed by atoms with Crippen LogP contribution in [0.5, 0.6) is 0 Å². The molecule has 2 rings (SSSR count). The normalized spacial score (nSPS) is 19.5. The van der Waals surface area contributed by atoms with E-state index in [9.17, 15) is 4.79 Å². The van der Waals surface area contributed by atoms with Gasteiger partial charge in [-0.05, 0) is 44.9 Å². The predicted octanol–water partition coefficient (Wildman–Crippen LogP) is 2.83. The lowest BCUT2D eigenvalue weighted by molar-refractivity contribution is 0.101. The maximum Gasteiger partial charge on any atom is 0.159 e. The molecule has 0 aromatic heterocycles. The van der Waals surface area contributed by atoms with Crippen LogP contribution in [0.3, 0.4) is 0 Å². The van der Waals surface area contributed by atoms with Gasteiger partial charge in [0.15, 0.2) is 5.78 Å². The SMILES string of the molecule is CC(=O)c1cccc(NCCC2CCCCN2)c1. The summed E-state index contributed by atoms with van der Waals surface area (Å²) in [6, 6.07) is 8.38. The molecule has 0 spiro atoms. The molecule has 1 aromatic rings. The van der Waals surface area contributed by atoms with Gasteiger partial charge in [-0.25, -0.2) is 0 Å². The maximum absolute atomic E-state index is 11.3. The summed E-state index contributed by atoms with van der Waals surface area (Å²) < 4.78 is 0. The molecule has 0 radical (unpaired) electrons. The number of nitrogens with one attached hydrogen (secondary N) is 2. The number of benzene rings is 1. The van der Waals surface area contributed by atoms with E-state index in [2.05, 4.69) is 10.6 Å². The summed E-state index contributed by atoms with van der Waals surface area (Å²) in [7, 11) is 0. The average molecular weight is 246 g/mol. The van der Waals surface area contributed by atoms with Crippen molar-refractivity contribution in [1.29, 1.82) is 0 Å². The lowest BCUT2D eigenvalue weighted by Gasteiger charge is -2.23. The van der Waals surface area contributed by atoms with Crippen molar-refractivity contribution in [3.8, 4) is 0 Å². The fourth-order valence-electron chi connectivity index (χ4n) is 2.41. The fraction of sp³-hybridized carbons (Fsp3) is 0.533. The Hall–Kier alpha value is -1.35. The first-order valence-corrected chi connectivity index (χ1v) is 6.84. The van der Waals surface area contributed by atoms with Crippen LogP contribution in [0, 0.1) is 0 Å². The van der Waals surface area contributed by atoms with Gasteiger partial charge in [-0.1, -0.05) is 18.6 Å². The Morgan fingerprint density at radius 1 is 1.44 bits per heavy atom. The number of anilines is 1. The number of Topliss-reactive ketones (excluding diaryl/α,β-unsaturated/α-hetero) is 1. The number of ketones is 1. The molecular weight excluding hydrogens is 224 g/mol. The largest absolute Gasteiger partial charge is 0.385 e. The summed E-state index contributed by atoms with van der Waals surface area (Å²) in [4.78, 5) is 11.3. The van der Waals surface area contributed by atoms with Gasteiger partial charge in [0.1, 0.15) is 0 Å². The van der Waals surface area contributed by atoms with Crippen molar-refractivity contribution in [2.24, 2.45) is 0 Å². The molecule has 1 aliphatic rings. The fourth-order valence-corrected chi connectivity index (χ4v) is 2.41. The highest BCUT2D eigenvalue weighted by Crippen LogP contribution is 2.13. The minimum atomic E-state index is 0.118. The highest BCUT2D eigenvalue weighted by molar-refractivity contribution is 5.94. The van der Waals surface area contributed by atoms with Crippen molar-refractivity contribution in [1.82, 2.24) is 5.32 Å². The second kappa shape index (κ2) is 6.55. The molecule has 0 aliphatic carbocycles. The van der Waals surface area contributed by atoms with Crippen LogP contribution >= 0.6 is 0 Å². The highest BCUT2D eigenvalue weighted by Gasteiger charge is 2.11. The molecular formula is C15H22N2O. The van der Waals surface area contributed by atoms with E-state index >= 15 is 0 Å². The third-order valence-electron chi connectivity index (χ3n) is 3.50. The van der Waals surface area contributed by atoms with Crippen molar-refractivity contribution in [2.75, 3.05) is 18.4 Å². The first-order valence-electron chi connectivity index (χ1n) is 6.84. The zero-order valence-corrected chi connectivity index (χ0v) is 11.0. The van der Waals surface area contributed by atoms with Gasteiger partial charge in [-0.15, -0.1) is 0 Å². The maximum atomic E-state index is 11.3. The van der Waals surface area contributed by atoms with E-state index in [1.807, 2.05) is 24.3 Å². The molecule has 1 saturated heterocycles. The van der Waals surface area contributed by atoms with E-state index in [-0.39, 0.29) is 5.78 Å². The van der Waals surface area contributed by atoms with Crippen LogP contribution in [0.4, 0.5) is 5.69 Å². The topological polar surface area (TPSA) is 41.1 Å². The van der Waals surface area contributed by atoms with Gasteiger partial charge < -0.3 is 10.6 Å². The number of rotatable bonds is 5. The van der Waals surface area contributed by atoms with Gasteiger partial charge >= 0.3 is 0 Å². The summed E-state index contributed by atoms with van der Waals surface area (Å²) in [6.45, 7) is 3.72. The zero-order chi connectivity index (χ0) is 12.8. The lowest BCUT2D eigenvalue weighted by atomic mass is 10.0. The second-order valence-corrected chi connectivity index (χ2v) is 5.00. The Labute approximate surface area is 109 Å². The number of hydrogen-bond donors (Lipinski definition) is 2. The van der Waals surface area contributed by atoms with Crippen LogP contribution in [-0.2, 0) is 0 Å². The molecule has 3 nitrogen and oxygen atoms in total. The standard InChI is InChI=1S/C15H22N2O/c1-12(18)13-5-4-7-15(11-13)17-10-8-14-6-2-3-9-16-14/h4-5,7,11,14,16-17H,2-3,6,8-10H2,1H3. The third kappa shape index (κ3) is 3.84. The van der Waals surface area contributed by atoms with Gasteiger partial charge in [0.2, 0.25) is 0 Å². The molecule has 1 aromatic carbocycles. The van der Waals surface area contributed by atoms with Crippen LogP contribution in [0.1, 0.15) is 43.0 Å². The van der Waals surface area contributed by atoms with Crippen LogP contribution in [0.15, 0.2) is 24.3 Å². The van der Waals surface area contributed by atoms with Crippen LogP contribution < -0.4 is 10.6 Å². The average Bonchev–Trinajstić information content (AvgIpc) is 2.40. The molecule has 1 fully saturated rings. The Balaban J connectivity index is 1.78. The minimum absolute atomic E-state index is 0.118. The molecule has 1 unspecified atom stereocenters. The predicted molar refractivity (Wildman–Crippen MR) is 75.2 cm³/mol. The molecule has 1 aliphatic heterocycles.